The molecule has 7 nitrogen and oxygen atoms in total. The summed E-state index contributed by atoms with van der Waals surface area (Å²) >= 11 is 12.2. The molecule has 0 saturated heterocycles. The third kappa shape index (κ3) is 7.03. The van der Waals surface area contributed by atoms with Crippen LogP contribution >= 0.6 is 23.2 Å². The van der Waals surface area contributed by atoms with E-state index in [1.807, 2.05) is 0 Å². The highest BCUT2D eigenvalue weighted by atomic mass is 35.5. The molecule has 0 aromatic heterocycles. The molecule has 0 aliphatic rings. The summed E-state index contributed by atoms with van der Waals surface area (Å²) in [6.45, 7) is 3.52. The van der Waals surface area contributed by atoms with Gasteiger partial charge in [-0.2, -0.15) is 0 Å². The molecule has 0 saturated carbocycles. The van der Waals surface area contributed by atoms with Gasteiger partial charge in [0.15, 0.2) is 0 Å². The average molecular weight is 563 g/mol. The van der Waals surface area contributed by atoms with Gasteiger partial charge in [-0.25, -0.2) is 8.42 Å². The van der Waals surface area contributed by atoms with Crippen LogP contribution in [0.1, 0.15) is 25.8 Å². The number of carbonyl (C=O) groups excluding carboxylic acids is 2. The SMILES string of the molecule is CCNC(=O)[C@@H](CC)N(Cc1ccc(Cl)c(Cl)c1)C(=O)CN(c1ccccc1)S(=O)(=O)c1ccccc1. The van der Waals surface area contributed by atoms with E-state index in [4.69, 9.17) is 23.2 Å². The zero-order valence-corrected chi connectivity index (χ0v) is 22.9. The van der Waals surface area contributed by atoms with E-state index in [1.165, 1.54) is 17.0 Å². The normalized spacial score (nSPS) is 12.0. The average Bonchev–Trinajstić information content (AvgIpc) is 2.90. The standard InChI is InChI=1S/C27H29Cl2N3O4S/c1-3-25(27(34)30-4-2)31(18-20-15-16-23(28)24(29)17-20)26(33)19-32(21-11-7-5-8-12-21)37(35,36)22-13-9-6-10-14-22/h5-17,25H,3-4,18-19H2,1-2H3,(H,30,34)/t25-/m1/s1. The van der Waals surface area contributed by atoms with Gasteiger partial charge in [0.2, 0.25) is 11.8 Å². The van der Waals surface area contributed by atoms with E-state index in [-0.39, 0.29) is 17.3 Å². The number of hydrogen-bond acceptors (Lipinski definition) is 4. The Balaban J connectivity index is 2.03. The van der Waals surface area contributed by atoms with Crippen molar-refractivity contribution in [1.82, 2.24) is 10.2 Å². The molecular weight excluding hydrogens is 533 g/mol. The van der Waals surface area contributed by atoms with Crippen molar-refractivity contribution < 1.29 is 18.0 Å². The zero-order valence-electron chi connectivity index (χ0n) is 20.6. The number of benzene rings is 3. The van der Waals surface area contributed by atoms with Gasteiger partial charge < -0.3 is 10.2 Å². The minimum absolute atomic E-state index is 0.0410. The number of rotatable bonds is 11. The predicted octanol–water partition coefficient (Wildman–Crippen LogP) is 5.13. The molecule has 0 aliphatic heterocycles. The Morgan fingerprint density at radius 1 is 0.892 bits per heavy atom. The monoisotopic (exact) mass is 561 g/mol. The van der Waals surface area contributed by atoms with Gasteiger partial charge in [-0.3, -0.25) is 13.9 Å². The lowest BCUT2D eigenvalue weighted by Crippen LogP contribution is -2.52. The van der Waals surface area contributed by atoms with Crippen molar-refractivity contribution >= 4 is 50.7 Å². The summed E-state index contributed by atoms with van der Waals surface area (Å²) in [4.78, 5) is 28.2. The maximum Gasteiger partial charge on any atom is 0.264 e. The molecule has 1 N–H and O–H groups in total. The van der Waals surface area contributed by atoms with E-state index in [2.05, 4.69) is 5.32 Å². The van der Waals surface area contributed by atoms with Crippen LogP contribution in [0.15, 0.2) is 83.8 Å². The Kier molecular flexibility index (Phi) is 9.97. The summed E-state index contributed by atoms with van der Waals surface area (Å²) in [6, 6.07) is 20.5. The second kappa shape index (κ2) is 12.9. The van der Waals surface area contributed by atoms with Crippen LogP contribution in [0.5, 0.6) is 0 Å². The number of carbonyl (C=O) groups is 2. The van der Waals surface area contributed by atoms with Crippen LogP contribution in [0.3, 0.4) is 0 Å². The Morgan fingerprint density at radius 2 is 1.51 bits per heavy atom. The van der Waals surface area contributed by atoms with Crippen LogP contribution in [-0.4, -0.2) is 44.3 Å². The Morgan fingerprint density at radius 3 is 2.08 bits per heavy atom. The molecule has 0 heterocycles. The van der Waals surface area contributed by atoms with Crippen molar-refractivity contribution in [2.75, 3.05) is 17.4 Å². The summed E-state index contributed by atoms with van der Waals surface area (Å²) in [5.74, 6) is -0.858. The van der Waals surface area contributed by atoms with Crippen molar-refractivity contribution in [2.45, 2.75) is 37.8 Å². The molecule has 3 rings (SSSR count). The van der Waals surface area contributed by atoms with Crippen LogP contribution in [0.2, 0.25) is 10.0 Å². The molecule has 1 atom stereocenters. The number of anilines is 1. The van der Waals surface area contributed by atoms with Gasteiger partial charge in [0.05, 0.1) is 20.6 Å². The van der Waals surface area contributed by atoms with E-state index >= 15 is 0 Å². The first-order valence-electron chi connectivity index (χ1n) is 11.8. The first-order chi connectivity index (χ1) is 17.7. The number of para-hydroxylation sites is 1. The fourth-order valence-corrected chi connectivity index (χ4v) is 5.64. The molecule has 3 aromatic carbocycles. The minimum Gasteiger partial charge on any atom is -0.355 e. The summed E-state index contributed by atoms with van der Waals surface area (Å²) in [7, 11) is -4.08. The fourth-order valence-electron chi connectivity index (χ4n) is 3.89. The van der Waals surface area contributed by atoms with Crippen molar-refractivity contribution in [3.8, 4) is 0 Å². The van der Waals surface area contributed by atoms with Crippen LogP contribution in [0, 0.1) is 0 Å². The summed E-state index contributed by atoms with van der Waals surface area (Å²) < 4.78 is 28.4. The third-order valence-corrected chi connectivity index (χ3v) is 8.26. The molecule has 10 heteroatoms. The summed E-state index contributed by atoms with van der Waals surface area (Å²) in [5, 5.41) is 3.45. The number of nitrogens with one attached hydrogen (secondary N) is 1. The molecule has 0 fully saturated rings. The highest BCUT2D eigenvalue weighted by molar-refractivity contribution is 7.92. The molecular formula is C27H29Cl2N3O4S. The molecule has 0 aliphatic carbocycles. The topological polar surface area (TPSA) is 86.8 Å². The molecule has 0 bridgehead atoms. The molecule has 2 amide bonds. The number of halogens is 2. The van der Waals surface area contributed by atoms with Gasteiger partial charge in [-0.15, -0.1) is 0 Å². The molecule has 3 aromatic rings. The van der Waals surface area contributed by atoms with Crippen molar-refractivity contribution in [3.05, 3.63) is 94.5 Å². The van der Waals surface area contributed by atoms with Crippen molar-refractivity contribution in [1.29, 1.82) is 0 Å². The van der Waals surface area contributed by atoms with Crippen molar-refractivity contribution in [3.63, 3.8) is 0 Å². The maximum absolute atomic E-state index is 13.9. The number of hydrogen-bond donors (Lipinski definition) is 1. The van der Waals surface area contributed by atoms with Gasteiger partial charge in [0.25, 0.3) is 10.0 Å². The Hall–Kier alpha value is -3.07. The Bertz CT molecular complexity index is 1320. The predicted molar refractivity (Wildman–Crippen MR) is 147 cm³/mol. The van der Waals surface area contributed by atoms with E-state index in [0.29, 0.717) is 34.3 Å². The zero-order chi connectivity index (χ0) is 27.0. The molecule has 0 unspecified atom stereocenters. The molecule has 196 valence electrons. The van der Waals surface area contributed by atoms with Crippen LogP contribution in [0.4, 0.5) is 5.69 Å². The number of sulfonamides is 1. The van der Waals surface area contributed by atoms with Gasteiger partial charge in [-0.1, -0.05) is 72.6 Å². The van der Waals surface area contributed by atoms with Crippen molar-refractivity contribution in [2.24, 2.45) is 0 Å². The van der Waals surface area contributed by atoms with Crippen LogP contribution in [0.25, 0.3) is 0 Å². The lowest BCUT2D eigenvalue weighted by molar-refractivity contribution is -0.140. The van der Waals surface area contributed by atoms with E-state index < -0.39 is 28.5 Å². The number of likely N-dealkylation sites (N-methyl/N-ethyl adjacent to an activating group) is 1. The van der Waals surface area contributed by atoms with Crippen LogP contribution in [-0.2, 0) is 26.2 Å². The Labute approximate surface area is 228 Å². The largest absolute Gasteiger partial charge is 0.355 e. The van der Waals surface area contributed by atoms with Gasteiger partial charge >= 0.3 is 0 Å². The number of amides is 2. The minimum atomic E-state index is -4.08. The summed E-state index contributed by atoms with van der Waals surface area (Å²) in [6.07, 6.45) is 0.329. The van der Waals surface area contributed by atoms with E-state index in [9.17, 15) is 18.0 Å². The smallest absolute Gasteiger partial charge is 0.264 e. The first kappa shape index (κ1) is 28.5. The van der Waals surface area contributed by atoms with E-state index in [1.54, 1.807) is 80.6 Å². The first-order valence-corrected chi connectivity index (χ1v) is 14.0. The lowest BCUT2D eigenvalue weighted by atomic mass is 10.1. The quantitative estimate of drug-likeness (QED) is 0.351. The maximum atomic E-state index is 13.9. The molecule has 0 spiro atoms. The van der Waals surface area contributed by atoms with Gasteiger partial charge in [-0.05, 0) is 55.3 Å². The highest BCUT2D eigenvalue weighted by Crippen LogP contribution is 2.26. The van der Waals surface area contributed by atoms with E-state index in [0.717, 1.165) is 4.31 Å². The highest BCUT2D eigenvalue weighted by Gasteiger charge is 2.33. The molecule has 37 heavy (non-hydrogen) atoms. The second-order valence-electron chi connectivity index (χ2n) is 8.25. The fraction of sp³-hybridized carbons (Fsp3) is 0.259. The summed E-state index contributed by atoms with van der Waals surface area (Å²) in [5.41, 5.74) is 0.989. The molecule has 0 radical (unpaired) electrons. The lowest BCUT2D eigenvalue weighted by Gasteiger charge is -2.33. The van der Waals surface area contributed by atoms with Crippen LogP contribution < -0.4 is 9.62 Å². The van der Waals surface area contributed by atoms with Gasteiger partial charge in [0.1, 0.15) is 12.6 Å². The second-order valence-corrected chi connectivity index (χ2v) is 10.9. The van der Waals surface area contributed by atoms with Gasteiger partial charge in [0, 0.05) is 13.1 Å². The third-order valence-electron chi connectivity index (χ3n) is 5.73. The number of nitrogens with zero attached hydrogens (tertiary/aromatic N) is 2.